The van der Waals surface area contributed by atoms with E-state index in [9.17, 15) is 4.79 Å². The van der Waals surface area contributed by atoms with Gasteiger partial charge in [0.05, 0.1) is 18.7 Å². The molecule has 0 aliphatic carbocycles. The van der Waals surface area contributed by atoms with Gasteiger partial charge in [-0.3, -0.25) is 4.79 Å². The summed E-state index contributed by atoms with van der Waals surface area (Å²) in [5, 5.41) is 2.02. The highest BCUT2D eigenvalue weighted by molar-refractivity contribution is 9.10. The average molecular weight is 416 g/mol. The monoisotopic (exact) mass is 415 g/mol. The lowest BCUT2D eigenvalue weighted by Gasteiger charge is -2.23. The Hall–Kier alpha value is -2.11. The van der Waals surface area contributed by atoms with E-state index in [4.69, 9.17) is 4.74 Å². The van der Waals surface area contributed by atoms with E-state index in [0.717, 1.165) is 20.8 Å². The molecule has 0 bridgehead atoms. The molecule has 0 fully saturated rings. The molecule has 1 heterocycles. The number of carbonyl (C=O) groups excluding carboxylic acids is 1. The first-order valence-corrected chi connectivity index (χ1v) is 9.68. The Kier molecular flexibility index (Phi) is 5.89. The van der Waals surface area contributed by atoms with Crippen molar-refractivity contribution in [1.82, 2.24) is 0 Å². The molecular formula is C20H18BrNO2S. The number of nitrogens with zero attached hydrogens (tertiary/aromatic N) is 1. The van der Waals surface area contributed by atoms with Crippen LogP contribution in [0.3, 0.4) is 0 Å². The zero-order chi connectivity index (χ0) is 17.6. The molecule has 0 spiro atoms. The molecule has 3 nitrogen and oxygen atoms in total. The first-order chi connectivity index (χ1) is 12.2. The molecule has 3 rings (SSSR count). The van der Waals surface area contributed by atoms with Crippen LogP contribution in [0.5, 0.6) is 5.75 Å². The average Bonchev–Trinajstić information content (AvgIpc) is 3.14. The smallest absolute Gasteiger partial charge is 0.259 e. The Bertz CT molecular complexity index is 831. The zero-order valence-corrected chi connectivity index (χ0v) is 16.2. The van der Waals surface area contributed by atoms with Crippen molar-refractivity contribution in [2.24, 2.45) is 0 Å². The van der Waals surface area contributed by atoms with E-state index in [1.165, 1.54) is 0 Å². The first-order valence-electron chi connectivity index (χ1n) is 8.00. The van der Waals surface area contributed by atoms with Crippen LogP contribution < -0.4 is 9.64 Å². The summed E-state index contributed by atoms with van der Waals surface area (Å²) in [5.41, 5.74) is 1.49. The van der Waals surface area contributed by atoms with E-state index >= 15 is 0 Å². The van der Waals surface area contributed by atoms with Gasteiger partial charge in [-0.05, 0) is 70.7 Å². The minimum atomic E-state index is -0.0370. The number of rotatable bonds is 6. The molecule has 3 aromatic rings. The summed E-state index contributed by atoms with van der Waals surface area (Å²) in [6.07, 6.45) is 0. The fourth-order valence-corrected chi connectivity index (χ4v) is 3.65. The van der Waals surface area contributed by atoms with Crippen molar-refractivity contribution in [1.29, 1.82) is 0 Å². The van der Waals surface area contributed by atoms with Gasteiger partial charge in [-0.1, -0.05) is 18.2 Å². The van der Waals surface area contributed by atoms with Gasteiger partial charge in [-0.25, -0.2) is 0 Å². The van der Waals surface area contributed by atoms with Crippen LogP contribution in [0.2, 0.25) is 0 Å². The Morgan fingerprint density at radius 2 is 1.84 bits per heavy atom. The maximum Gasteiger partial charge on any atom is 0.259 e. The minimum absolute atomic E-state index is 0.0370. The third-order valence-corrected chi connectivity index (χ3v) is 5.26. The van der Waals surface area contributed by atoms with Crippen molar-refractivity contribution >= 4 is 38.9 Å². The molecule has 2 aromatic carbocycles. The topological polar surface area (TPSA) is 29.5 Å². The van der Waals surface area contributed by atoms with Crippen molar-refractivity contribution < 1.29 is 9.53 Å². The van der Waals surface area contributed by atoms with Gasteiger partial charge in [-0.15, -0.1) is 11.3 Å². The highest BCUT2D eigenvalue weighted by atomic mass is 79.9. The molecule has 128 valence electrons. The summed E-state index contributed by atoms with van der Waals surface area (Å²) in [7, 11) is 0. The second kappa shape index (κ2) is 8.32. The lowest BCUT2D eigenvalue weighted by Crippen LogP contribution is -2.30. The number of amides is 1. The van der Waals surface area contributed by atoms with Gasteiger partial charge in [0.2, 0.25) is 0 Å². The van der Waals surface area contributed by atoms with E-state index in [-0.39, 0.29) is 5.91 Å². The standard InChI is InChI=1S/C20H18BrNO2S/c1-2-24-16-11-9-15(10-12-16)22(14-17-6-5-13-25-17)20(23)18-7-3-4-8-19(18)21/h3-13H,2,14H2,1H3. The SMILES string of the molecule is CCOc1ccc(N(Cc2cccs2)C(=O)c2ccccc2Br)cc1. The highest BCUT2D eigenvalue weighted by Crippen LogP contribution is 2.26. The number of benzene rings is 2. The van der Waals surface area contributed by atoms with Crippen LogP contribution in [0.1, 0.15) is 22.2 Å². The fourth-order valence-electron chi connectivity index (χ4n) is 2.51. The number of hydrogen-bond acceptors (Lipinski definition) is 3. The number of thiophene rings is 1. The largest absolute Gasteiger partial charge is 0.494 e. The quantitative estimate of drug-likeness (QED) is 0.512. The van der Waals surface area contributed by atoms with Crippen molar-refractivity contribution in [2.75, 3.05) is 11.5 Å². The van der Waals surface area contributed by atoms with Gasteiger partial charge in [0, 0.05) is 15.0 Å². The Morgan fingerprint density at radius 1 is 1.08 bits per heavy atom. The third kappa shape index (κ3) is 4.30. The molecule has 0 radical (unpaired) electrons. The number of ether oxygens (including phenoxy) is 1. The highest BCUT2D eigenvalue weighted by Gasteiger charge is 2.20. The van der Waals surface area contributed by atoms with Crippen molar-refractivity contribution in [3.8, 4) is 5.75 Å². The van der Waals surface area contributed by atoms with Gasteiger partial charge in [-0.2, -0.15) is 0 Å². The lowest BCUT2D eigenvalue weighted by molar-refractivity contribution is 0.0984. The first kappa shape index (κ1) is 17.7. The maximum absolute atomic E-state index is 13.2. The molecule has 0 aliphatic heterocycles. The summed E-state index contributed by atoms with van der Waals surface area (Å²) >= 11 is 5.13. The van der Waals surface area contributed by atoms with E-state index in [1.807, 2.05) is 73.0 Å². The molecule has 0 aliphatic rings. The summed E-state index contributed by atoms with van der Waals surface area (Å²) in [4.78, 5) is 16.1. The van der Waals surface area contributed by atoms with E-state index in [0.29, 0.717) is 18.7 Å². The van der Waals surface area contributed by atoms with Gasteiger partial charge >= 0.3 is 0 Å². The second-order valence-corrected chi connectivity index (χ2v) is 7.26. The normalized spacial score (nSPS) is 10.5. The molecule has 1 aromatic heterocycles. The second-order valence-electron chi connectivity index (χ2n) is 5.38. The number of halogens is 1. The van der Waals surface area contributed by atoms with E-state index in [1.54, 1.807) is 16.2 Å². The van der Waals surface area contributed by atoms with Crippen LogP contribution in [0, 0.1) is 0 Å². The van der Waals surface area contributed by atoms with Crippen molar-refractivity contribution in [3.05, 3.63) is 81.0 Å². The predicted molar refractivity (Wildman–Crippen MR) is 107 cm³/mol. The van der Waals surface area contributed by atoms with E-state index in [2.05, 4.69) is 15.9 Å². The Balaban J connectivity index is 1.94. The van der Waals surface area contributed by atoms with Gasteiger partial charge < -0.3 is 9.64 Å². The molecule has 25 heavy (non-hydrogen) atoms. The fraction of sp³-hybridized carbons (Fsp3) is 0.150. The van der Waals surface area contributed by atoms with Gasteiger partial charge in [0.25, 0.3) is 5.91 Å². The van der Waals surface area contributed by atoms with Crippen LogP contribution in [-0.2, 0) is 6.54 Å². The van der Waals surface area contributed by atoms with Gasteiger partial charge in [0.1, 0.15) is 5.75 Å². The lowest BCUT2D eigenvalue weighted by atomic mass is 10.1. The molecule has 0 N–H and O–H groups in total. The van der Waals surface area contributed by atoms with Crippen LogP contribution >= 0.6 is 27.3 Å². The summed E-state index contributed by atoms with van der Waals surface area (Å²) < 4.78 is 6.30. The molecular weight excluding hydrogens is 398 g/mol. The van der Waals surface area contributed by atoms with Crippen LogP contribution in [0.4, 0.5) is 5.69 Å². The summed E-state index contributed by atoms with van der Waals surface area (Å²) in [5.74, 6) is 0.765. The maximum atomic E-state index is 13.2. The Morgan fingerprint density at radius 3 is 2.48 bits per heavy atom. The van der Waals surface area contributed by atoms with Crippen molar-refractivity contribution in [3.63, 3.8) is 0 Å². The molecule has 0 atom stereocenters. The van der Waals surface area contributed by atoms with Crippen LogP contribution in [0.25, 0.3) is 0 Å². The molecule has 1 amide bonds. The van der Waals surface area contributed by atoms with E-state index < -0.39 is 0 Å². The zero-order valence-electron chi connectivity index (χ0n) is 13.8. The number of hydrogen-bond donors (Lipinski definition) is 0. The molecule has 0 saturated heterocycles. The van der Waals surface area contributed by atoms with Crippen LogP contribution in [0.15, 0.2) is 70.5 Å². The summed E-state index contributed by atoms with van der Waals surface area (Å²) in [6.45, 7) is 3.10. The predicted octanol–water partition coefficient (Wildman–Crippen LogP) is 5.76. The van der Waals surface area contributed by atoms with Crippen LogP contribution in [-0.4, -0.2) is 12.5 Å². The number of carbonyl (C=O) groups is 1. The van der Waals surface area contributed by atoms with Gasteiger partial charge in [0.15, 0.2) is 0 Å². The minimum Gasteiger partial charge on any atom is -0.494 e. The molecule has 0 saturated carbocycles. The molecule has 0 unspecified atom stereocenters. The molecule has 5 heteroatoms. The third-order valence-electron chi connectivity index (χ3n) is 3.70. The Labute approximate surface area is 160 Å². The number of anilines is 1. The summed E-state index contributed by atoms with van der Waals surface area (Å²) in [6, 6.07) is 19.2. The van der Waals surface area contributed by atoms with Crippen molar-refractivity contribution in [2.45, 2.75) is 13.5 Å².